The molecule has 0 spiro atoms. The van der Waals surface area contributed by atoms with E-state index in [9.17, 15) is 13.2 Å². The molecule has 2 aromatic heterocycles. The highest BCUT2D eigenvalue weighted by molar-refractivity contribution is 6.30. The van der Waals surface area contributed by atoms with E-state index in [1.807, 2.05) is 0 Å². The predicted molar refractivity (Wildman–Crippen MR) is 71.4 cm³/mol. The maximum absolute atomic E-state index is 12.3. The largest absolute Gasteiger partial charge is 0.389 e. The first kappa shape index (κ1) is 14.7. The number of halogens is 4. The summed E-state index contributed by atoms with van der Waals surface area (Å²) in [7, 11) is 0. The standard InChI is InChI=1S/C13H11ClF3N3/c1-7(3-4-13(15,16)17)11-12-9(5-10(14)20-11)19-8(2)6-18-12/h5-6H,1,3-4H2,2H3. The van der Waals surface area contributed by atoms with Gasteiger partial charge in [-0.05, 0) is 18.9 Å². The third-order valence-electron chi connectivity index (χ3n) is 2.66. The summed E-state index contributed by atoms with van der Waals surface area (Å²) in [5.74, 6) is 0. The molecule has 0 aliphatic heterocycles. The van der Waals surface area contributed by atoms with Crippen LogP contribution in [0.25, 0.3) is 16.6 Å². The summed E-state index contributed by atoms with van der Waals surface area (Å²) < 4.78 is 36.8. The molecule has 2 heterocycles. The van der Waals surface area contributed by atoms with Gasteiger partial charge in [-0.3, -0.25) is 4.98 Å². The molecule has 0 N–H and O–H groups in total. The molecule has 0 saturated heterocycles. The lowest BCUT2D eigenvalue weighted by atomic mass is 10.1. The quantitative estimate of drug-likeness (QED) is 0.791. The molecule has 0 fully saturated rings. The molecular formula is C13H11ClF3N3. The van der Waals surface area contributed by atoms with Crippen molar-refractivity contribution in [3.05, 3.63) is 35.4 Å². The van der Waals surface area contributed by atoms with Crippen molar-refractivity contribution in [2.24, 2.45) is 0 Å². The molecular weight excluding hydrogens is 291 g/mol. The Kier molecular flexibility index (Phi) is 3.94. The summed E-state index contributed by atoms with van der Waals surface area (Å²) >= 11 is 5.87. The zero-order valence-electron chi connectivity index (χ0n) is 10.6. The fourth-order valence-corrected chi connectivity index (χ4v) is 1.93. The molecule has 0 atom stereocenters. The van der Waals surface area contributed by atoms with Gasteiger partial charge in [-0.1, -0.05) is 18.2 Å². The summed E-state index contributed by atoms with van der Waals surface area (Å²) in [6.07, 6.45) is -3.92. The number of nitrogens with zero attached hydrogens (tertiary/aromatic N) is 3. The van der Waals surface area contributed by atoms with Crippen LogP contribution in [0.1, 0.15) is 24.2 Å². The lowest BCUT2D eigenvalue weighted by Gasteiger charge is -2.10. The van der Waals surface area contributed by atoms with Gasteiger partial charge in [0.1, 0.15) is 10.7 Å². The highest BCUT2D eigenvalue weighted by Crippen LogP contribution is 2.30. The first-order chi connectivity index (χ1) is 9.26. The first-order valence-corrected chi connectivity index (χ1v) is 6.19. The van der Waals surface area contributed by atoms with Gasteiger partial charge in [0.25, 0.3) is 0 Å². The van der Waals surface area contributed by atoms with Crippen LogP contribution in [0.5, 0.6) is 0 Å². The summed E-state index contributed by atoms with van der Waals surface area (Å²) in [5.41, 5.74) is 2.10. The third kappa shape index (κ3) is 3.45. The summed E-state index contributed by atoms with van der Waals surface area (Å²) in [4.78, 5) is 12.4. The molecule has 0 saturated carbocycles. The molecule has 3 nitrogen and oxygen atoms in total. The lowest BCUT2D eigenvalue weighted by Crippen LogP contribution is -2.07. The first-order valence-electron chi connectivity index (χ1n) is 5.81. The lowest BCUT2D eigenvalue weighted by molar-refractivity contribution is -0.133. The topological polar surface area (TPSA) is 38.7 Å². The second-order valence-electron chi connectivity index (χ2n) is 4.39. The van der Waals surface area contributed by atoms with Crippen LogP contribution in [0.15, 0.2) is 18.8 Å². The normalized spacial score (nSPS) is 11.8. The molecule has 0 aliphatic carbocycles. The Bertz CT molecular complexity index is 662. The van der Waals surface area contributed by atoms with Crippen LogP contribution in [0.2, 0.25) is 5.15 Å². The number of aromatic nitrogens is 3. The van der Waals surface area contributed by atoms with E-state index in [0.29, 0.717) is 16.7 Å². The molecule has 2 aromatic rings. The molecule has 0 aliphatic rings. The van der Waals surface area contributed by atoms with Crippen molar-refractivity contribution in [3.63, 3.8) is 0 Å². The Morgan fingerprint density at radius 2 is 2.05 bits per heavy atom. The van der Waals surface area contributed by atoms with Crippen LogP contribution in [0, 0.1) is 6.92 Å². The van der Waals surface area contributed by atoms with Gasteiger partial charge in [0, 0.05) is 18.7 Å². The van der Waals surface area contributed by atoms with Crippen LogP contribution in [0.3, 0.4) is 0 Å². The zero-order valence-corrected chi connectivity index (χ0v) is 11.4. The highest BCUT2D eigenvalue weighted by Gasteiger charge is 2.27. The van der Waals surface area contributed by atoms with Gasteiger partial charge < -0.3 is 0 Å². The van der Waals surface area contributed by atoms with Crippen LogP contribution < -0.4 is 0 Å². The second-order valence-corrected chi connectivity index (χ2v) is 4.78. The Morgan fingerprint density at radius 3 is 2.70 bits per heavy atom. The van der Waals surface area contributed by atoms with E-state index in [1.165, 1.54) is 12.3 Å². The number of hydrogen-bond acceptors (Lipinski definition) is 3. The number of alkyl halides is 3. The average molecular weight is 302 g/mol. The van der Waals surface area contributed by atoms with E-state index >= 15 is 0 Å². The van der Waals surface area contributed by atoms with Crippen molar-refractivity contribution in [3.8, 4) is 0 Å². The molecule has 0 radical (unpaired) electrons. The summed E-state index contributed by atoms with van der Waals surface area (Å²) in [6.45, 7) is 5.42. The summed E-state index contributed by atoms with van der Waals surface area (Å²) in [5, 5.41) is 0.153. The van der Waals surface area contributed by atoms with Crippen molar-refractivity contribution in [1.82, 2.24) is 15.0 Å². The number of fused-ring (bicyclic) bond motifs is 1. The molecule has 0 amide bonds. The van der Waals surface area contributed by atoms with Gasteiger partial charge in [-0.25, -0.2) is 9.97 Å². The number of allylic oxidation sites excluding steroid dienone is 1. The van der Waals surface area contributed by atoms with Crippen LogP contribution >= 0.6 is 11.6 Å². The molecule has 0 bridgehead atoms. The number of rotatable bonds is 3. The van der Waals surface area contributed by atoms with Gasteiger partial charge in [0.15, 0.2) is 0 Å². The number of pyridine rings is 1. The van der Waals surface area contributed by atoms with E-state index < -0.39 is 12.6 Å². The van der Waals surface area contributed by atoms with Gasteiger partial charge in [-0.2, -0.15) is 13.2 Å². The van der Waals surface area contributed by atoms with Crippen molar-refractivity contribution in [1.29, 1.82) is 0 Å². The molecule has 2 rings (SSSR count). The molecule has 0 unspecified atom stereocenters. The average Bonchev–Trinajstić information content (AvgIpc) is 2.33. The third-order valence-corrected chi connectivity index (χ3v) is 2.86. The van der Waals surface area contributed by atoms with Crippen LogP contribution in [0.4, 0.5) is 13.2 Å². The molecule has 20 heavy (non-hydrogen) atoms. The monoisotopic (exact) mass is 301 g/mol. The number of hydrogen-bond donors (Lipinski definition) is 0. The van der Waals surface area contributed by atoms with Gasteiger partial charge in [0.05, 0.1) is 16.9 Å². The maximum atomic E-state index is 12.3. The van der Waals surface area contributed by atoms with Crippen molar-refractivity contribution in [2.45, 2.75) is 25.9 Å². The van der Waals surface area contributed by atoms with Gasteiger partial charge in [-0.15, -0.1) is 0 Å². The molecule has 0 aromatic carbocycles. The van der Waals surface area contributed by atoms with Crippen molar-refractivity contribution < 1.29 is 13.2 Å². The Balaban J connectivity index is 2.40. The Labute approximate surface area is 118 Å². The van der Waals surface area contributed by atoms with Crippen LogP contribution in [-0.4, -0.2) is 21.1 Å². The van der Waals surface area contributed by atoms with E-state index in [-0.39, 0.29) is 22.8 Å². The summed E-state index contributed by atoms with van der Waals surface area (Å²) in [6, 6.07) is 1.53. The van der Waals surface area contributed by atoms with E-state index in [0.717, 1.165) is 0 Å². The smallest absolute Gasteiger partial charge is 0.250 e. The minimum atomic E-state index is -4.24. The fraction of sp³-hybridized carbons (Fsp3) is 0.308. The molecule has 106 valence electrons. The SMILES string of the molecule is C=C(CCC(F)(F)F)c1nc(Cl)cc2nc(C)cnc12. The minimum absolute atomic E-state index is 0.153. The predicted octanol–water partition coefficient (Wildman–Crippen LogP) is 4.34. The fourth-order valence-electron chi connectivity index (χ4n) is 1.74. The highest BCUT2D eigenvalue weighted by atomic mass is 35.5. The van der Waals surface area contributed by atoms with Crippen LogP contribution in [-0.2, 0) is 0 Å². The molecule has 7 heteroatoms. The zero-order chi connectivity index (χ0) is 14.9. The van der Waals surface area contributed by atoms with Gasteiger partial charge >= 0.3 is 6.18 Å². The van der Waals surface area contributed by atoms with E-state index in [4.69, 9.17) is 11.6 Å². The Hall–Kier alpha value is -1.69. The number of aryl methyl sites for hydroxylation is 1. The van der Waals surface area contributed by atoms with E-state index in [1.54, 1.807) is 6.92 Å². The van der Waals surface area contributed by atoms with Crippen molar-refractivity contribution in [2.75, 3.05) is 0 Å². The maximum Gasteiger partial charge on any atom is 0.389 e. The van der Waals surface area contributed by atoms with Gasteiger partial charge in [0.2, 0.25) is 0 Å². The van der Waals surface area contributed by atoms with E-state index in [2.05, 4.69) is 21.5 Å². The minimum Gasteiger partial charge on any atom is -0.250 e. The Morgan fingerprint density at radius 1 is 1.35 bits per heavy atom. The van der Waals surface area contributed by atoms with Crippen molar-refractivity contribution >= 4 is 28.2 Å². The second kappa shape index (κ2) is 5.36.